The molecule has 0 aliphatic carbocycles. The lowest BCUT2D eigenvalue weighted by atomic mass is 10.2. The van der Waals surface area contributed by atoms with Crippen LogP contribution in [-0.4, -0.2) is 24.3 Å². The van der Waals surface area contributed by atoms with E-state index in [1.165, 1.54) is 25.5 Å². The summed E-state index contributed by atoms with van der Waals surface area (Å²) in [6, 6.07) is 9.60. The van der Waals surface area contributed by atoms with Crippen LogP contribution < -0.4 is 10.2 Å². The molecular weight excluding hydrogens is 372 g/mol. The molecule has 0 aliphatic rings. The lowest BCUT2D eigenvalue weighted by Gasteiger charge is -2.07. The topological polar surface area (TPSA) is 70.9 Å². The Labute approximate surface area is 140 Å². The van der Waals surface area contributed by atoms with Crippen LogP contribution >= 0.6 is 27.5 Å². The van der Waals surface area contributed by atoms with Crippen LogP contribution in [0.3, 0.4) is 0 Å². The minimum Gasteiger partial charge on any atom is -0.507 e. The molecule has 22 heavy (non-hydrogen) atoms. The molecule has 2 rings (SSSR count). The molecule has 7 heteroatoms. The Kier molecular flexibility index (Phi) is 5.41. The first-order chi connectivity index (χ1) is 10.5. The molecule has 0 aromatic heterocycles. The van der Waals surface area contributed by atoms with Crippen LogP contribution in [0.25, 0.3) is 0 Å². The second-order valence-corrected chi connectivity index (χ2v) is 5.60. The lowest BCUT2D eigenvalue weighted by molar-refractivity contribution is 0.0952. The third-order valence-corrected chi connectivity index (χ3v) is 3.49. The molecular formula is C15H12BrClN2O3. The summed E-state index contributed by atoms with van der Waals surface area (Å²) < 4.78 is 5.89. The number of aromatic hydroxyl groups is 1. The second kappa shape index (κ2) is 7.29. The first-order valence-corrected chi connectivity index (χ1v) is 7.34. The molecule has 0 saturated carbocycles. The molecule has 2 aromatic carbocycles. The fourth-order valence-corrected chi connectivity index (χ4v) is 2.26. The highest BCUT2D eigenvalue weighted by molar-refractivity contribution is 9.10. The number of nitrogens with zero attached hydrogens (tertiary/aromatic N) is 1. The monoisotopic (exact) mass is 382 g/mol. The summed E-state index contributed by atoms with van der Waals surface area (Å²) in [4.78, 5) is 12.1. The van der Waals surface area contributed by atoms with Crippen LogP contribution in [0.2, 0.25) is 5.02 Å². The van der Waals surface area contributed by atoms with Gasteiger partial charge >= 0.3 is 0 Å². The SMILES string of the molecule is COc1ccc(Cl)cc1C(=O)N/N=C/c1cc(Br)ccc1O. The summed E-state index contributed by atoms with van der Waals surface area (Å²) in [5.41, 5.74) is 3.10. The van der Waals surface area contributed by atoms with E-state index in [2.05, 4.69) is 26.5 Å². The van der Waals surface area contributed by atoms with E-state index in [0.717, 1.165) is 4.47 Å². The van der Waals surface area contributed by atoms with E-state index in [9.17, 15) is 9.90 Å². The Balaban J connectivity index is 2.14. The van der Waals surface area contributed by atoms with Crippen molar-refractivity contribution in [3.8, 4) is 11.5 Å². The van der Waals surface area contributed by atoms with Crippen molar-refractivity contribution in [3.63, 3.8) is 0 Å². The molecule has 114 valence electrons. The van der Waals surface area contributed by atoms with E-state index in [1.54, 1.807) is 24.3 Å². The van der Waals surface area contributed by atoms with Gasteiger partial charge in [0, 0.05) is 15.1 Å². The summed E-state index contributed by atoms with van der Waals surface area (Å²) in [6.45, 7) is 0. The Morgan fingerprint density at radius 2 is 2.14 bits per heavy atom. The zero-order chi connectivity index (χ0) is 16.1. The van der Waals surface area contributed by atoms with Crippen LogP contribution in [0.5, 0.6) is 11.5 Å². The van der Waals surface area contributed by atoms with Gasteiger partial charge < -0.3 is 9.84 Å². The number of amides is 1. The second-order valence-electron chi connectivity index (χ2n) is 4.25. The minimum absolute atomic E-state index is 0.0570. The first kappa shape index (κ1) is 16.3. The molecule has 0 heterocycles. The fourth-order valence-electron chi connectivity index (χ4n) is 1.71. The number of hydrogen-bond acceptors (Lipinski definition) is 4. The molecule has 0 fully saturated rings. The number of carbonyl (C=O) groups is 1. The zero-order valence-corrected chi connectivity index (χ0v) is 13.9. The quantitative estimate of drug-likeness (QED) is 0.626. The van der Waals surface area contributed by atoms with Crippen LogP contribution in [-0.2, 0) is 0 Å². The average molecular weight is 384 g/mol. The molecule has 0 aliphatic heterocycles. The Morgan fingerprint density at radius 1 is 1.36 bits per heavy atom. The van der Waals surface area contributed by atoms with Gasteiger partial charge in [-0.1, -0.05) is 27.5 Å². The van der Waals surface area contributed by atoms with Gasteiger partial charge in [-0.3, -0.25) is 4.79 Å². The van der Waals surface area contributed by atoms with Crippen LogP contribution in [0.1, 0.15) is 15.9 Å². The largest absolute Gasteiger partial charge is 0.507 e. The van der Waals surface area contributed by atoms with Crippen molar-refractivity contribution < 1.29 is 14.6 Å². The number of ether oxygens (including phenoxy) is 1. The number of rotatable bonds is 4. The zero-order valence-electron chi connectivity index (χ0n) is 11.5. The van der Waals surface area contributed by atoms with E-state index in [0.29, 0.717) is 16.3 Å². The third-order valence-electron chi connectivity index (χ3n) is 2.77. The van der Waals surface area contributed by atoms with Crippen LogP contribution in [0.4, 0.5) is 0 Å². The standard InChI is InChI=1S/C15H12BrClN2O3/c1-22-14-5-3-11(17)7-12(14)15(21)19-18-8-9-6-10(16)2-4-13(9)20/h2-8,20H,1H3,(H,19,21)/b18-8+. The van der Waals surface area contributed by atoms with E-state index in [-0.39, 0.29) is 11.3 Å². The van der Waals surface area contributed by atoms with Crippen LogP contribution in [0, 0.1) is 0 Å². The summed E-state index contributed by atoms with van der Waals surface area (Å²) in [5.74, 6) is -0.0194. The van der Waals surface area contributed by atoms with Gasteiger partial charge in [0.1, 0.15) is 11.5 Å². The summed E-state index contributed by atoms with van der Waals surface area (Å²) >= 11 is 9.16. The number of benzene rings is 2. The van der Waals surface area contributed by atoms with Gasteiger partial charge in [0.15, 0.2) is 0 Å². The van der Waals surface area contributed by atoms with E-state index in [1.807, 2.05) is 0 Å². The number of hydrogen-bond donors (Lipinski definition) is 2. The predicted octanol–water partition coefficient (Wildman–Crippen LogP) is 3.58. The summed E-state index contributed by atoms with van der Waals surface area (Å²) in [7, 11) is 1.46. The van der Waals surface area contributed by atoms with E-state index in [4.69, 9.17) is 16.3 Å². The third kappa shape index (κ3) is 3.99. The number of hydrazone groups is 1. The van der Waals surface area contributed by atoms with Gasteiger partial charge in [-0.2, -0.15) is 5.10 Å². The van der Waals surface area contributed by atoms with Crippen molar-refractivity contribution in [2.45, 2.75) is 0 Å². The Hall–Kier alpha value is -2.05. The molecule has 0 bridgehead atoms. The Morgan fingerprint density at radius 3 is 2.86 bits per heavy atom. The lowest BCUT2D eigenvalue weighted by Crippen LogP contribution is -2.18. The highest BCUT2D eigenvalue weighted by atomic mass is 79.9. The van der Waals surface area contributed by atoms with Crippen molar-refractivity contribution >= 4 is 39.7 Å². The number of phenolic OH excluding ortho intramolecular Hbond substituents is 1. The van der Waals surface area contributed by atoms with Gasteiger partial charge in [-0.15, -0.1) is 0 Å². The highest BCUT2D eigenvalue weighted by Crippen LogP contribution is 2.22. The van der Waals surface area contributed by atoms with E-state index >= 15 is 0 Å². The molecule has 5 nitrogen and oxygen atoms in total. The molecule has 2 aromatic rings. The van der Waals surface area contributed by atoms with Gasteiger partial charge in [0.2, 0.25) is 0 Å². The van der Waals surface area contributed by atoms with Gasteiger partial charge in [0.25, 0.3) is 5.91 Å². The molecule has 0 spiro atoms. The normalized spacial score (nSPS) is 10.7. The number of methoxy groups -OCH3 is 1. The number of carbonyl (C=O) groups excluding carboxylic acids is 1. The predicted molar refractivity (Wildman–Crippen MR) is 88.9 cm³/mol. The Bertz CT molecular complexity index is 735. The highest BCUT2D eigenvalue weighted by Gasteiger charge is 2.12. The van der Waals surface area contributed by atoms with Crippen molar-refractivity contribution in [1.82, 2.24) is 5.43 Å². The maximum Gasteiger partial charge on any atom is 0.275 e. The molecule has 0 radical (unpaired) electrons. The van der Waals surface area contributed by atoms with Crippen molar-refractivity contribution in [2.24, 2.45) is 5.10 Å². The summed E-state index contributed by atoms with van der Waals surface area (Å²) in [6.07, 6.45) is 1.34. The van der Waals surface area contributed by atoms with Gasteiger partial charge in [0.05, 0.1) is 18.9 Å². The van der Waals surface area contributed by atoms with Crippen molar-refractivity contribution in [1.29, 1.82) is 0 Å². The summed E-state index contributed by atoms with van der Waals surface area (Å²) in [5, 5.41) is 13.9. The minimum atomic E-state index is -0.468. The fraction of sp³-hybridized carbons (Fsp3) is 0.0667. The number of phenols is 1. The molecule has 0 unspecified atom stereocenters. The average Bonchev–Trinajstić information content (AvgIpc) is 2.50. The van der Waals surface area contributed by atoms with Gasteiger partial charge in [-0.05, 0) is 36.4 Å². The van der Waals surface area contributed by atoms with E-state index < -0.39 is 5.91 Å². The molecule has 0 saturated heterocycles. The van der Waals surface area contributed by atoms with Crippen LogP contribution in [0.15, 0.2) is 46.0 Å². The first-order valence-electron chi connectivity index (χ1n) is 6.16. The molecule has 2 N–H and O–H groups in total. The van der Waals surface area contributed by atoms with Crippen molar-refractivity contribution in [3.05, 3.63) is 57.0 Å². The van der Waals surface area contributed by atoms with Gasteiger partial charge in [-0.25, -0.2) is 5.43 Å². The maximum atomic E-state index is 12.1. The number of nitrogens with one attached hydrogen (secondary N) is 1. The molecule has 0 atom stereocenters. The maximum absolute atomic E-state index is 12.1. The van der Waals surface area contributed by atoms with Crippen molar-refractivity contribution in [2.75, 3.05) is 7.11 Å². The smallest absolute Gasteiger partial charge is 0.275 e. The molecule has 1 amide bonds. The number of halogens is 2.